The molecule has 1 aromatic heterocycles. The lowest BCUT2D eigenvalue weighted by Gasteiger charge is -2.18. The molecule has 1 aliphatic heterocycles. The number of ether oxygens (including phenoxy) is 3. The van der Waals surface area contributed by atoms with Crippen LogP contribution in [-0.2, 0) is 0 Å². The monoisotopic (exact) mass is 370 g/mol. The van der Waals surface area contributed by atoms with E-state index in [-0.39, 0.29) is 10.7 Å². The second-order valence-electron chi connectivity index (χ2n) is 5.69. The first kappa shape index (κ1) is 16.5. The quantitative estimate of drug-likeness (QED) is 0.518. The smallest absolute Gasteiger partial charge is 0.348 e. The highest BCUT2D eigenvalue weighted by molar-refractivity contribution is 6.33. The second kappa shape index (κ2) is 6.72. The van der Waals surface area contributed by atoms with Crippen LogP contribution < -0.4 is 14.2 Å². The summed E-state index contributed by atoms with van der Waals surface area (Å²) in [4.78, 5) is 12.6. The van der Waals surface area contributed by atoms with Crippen LogP contribution >= 0.6 is 11.6 Å². The van der Waals surface area contributed by atoms with Crippen molar-refractivity contribution in [2.45, 2.75) is 6.92 Å². The Morgan fingerprint density at radius 3 is 2.62 bits per heavy atom. The summed E-state index contributed by atoms with van der Waals surface area (Å²) in [6.07, 6.45) is 0. The van der Waals surface area contributed by atoms with E-state index in [4.69, 9.17) is 25.8 Å². The van der Waals surface area contributed by atoms with Crippen LogP contribution in [0.4, 0.5) is 0 Å². The van der Waals surface area contributed by atoms with Crippen LogP contribution in [0.15, 0.2) is 48.5 Å². The molecular formula is C19H15ClN2O4. The van der Waals surface area contributed by atoms with Gasteiger partial charge in [-0.15, -0.1) is 0 Å². The lowest BCUT2D eigenvalue weighted by atomic mass is 10.2. The number of nitrogens with zero attached hydrogens (tertiary/aromatic N) is 2. The number of carbonyl (C=O) groups is 1. The fourth-order valence-electron chi connectivity index (χ4n) is 2.72. The van der Waals surface area contributed by atoms with Gasteiger partial charge in [-0.05, 0) is 31.2 Å². The van der Waals surface area contributed by atoms with E-state index in [1.54, 1.807) is 25.1 Å². The molecule has 3 aromatic rings. The number of fused-ring (bicyclic) bond motifs is 1. The van der Waals surface area contributed by atoms with E-state index in [1.165, 1.54) is 4.68 Å². The van der Waals surface area contributed by atoms with Crippen LogP contribution in [0.3, 0.4) is 0 Å². The zero-order valence-electron chi connectivity index (χ0n) is 13.9. The molecule has 0 bridgehead atoms. The molecule has 7 heteroatoms. The average molecular weight is 371 g/mol. The number of halogens is 1. The molecule has 2 aromatic carbocycles. The van der Waals surface area contributed by atoms with Crippen molar-refractivity contribution in [3.63, 3.8) is 0 Å². The van der Waals surface area contributed by atoms with E-state index in [0.717, 1.165) is 5.69 Å². The molecule has 0 aliphatic carbocycles. The first-order chi connectivity index (χ1) is 12.6. The summed E-state index contributed by atoms with van der Waals surface area (Å²) in [6.45, 7) is 2.67. The maximum Gasteiger partial charge on any atom is 0.348 e. The van der Waals surface area contributed by atoms with Gasteiger partial charge in [-0.1, -0.05) is 29.8 Å². The van der Waals surface area contributed by atoms with E-state index < -0.39 is 5.97 Å². The topological polar surface area (TPSA) is 62.6 Å². The molecule has 0 atom stereocenters. The number of carbonyl (C=O) groups excluding carboxylic acids is 1. The molecule has 0 saturated carbocycles. The van der Waals surface area contributed by atoms with E-state index >= 15 is 0 Å². The third-order valence-corrected chi connectivity index (χ3v) is 4.28. The molecule has 26 heavy (non-hydrogen) atoms. The van der Waals surface area contributed by atoms with Gasteiger partial charge in [0.25, 0.3) is 0 Å². The van der Waals surface area contributed by atoms with E-state index in [9.17, 15) is 4.79 Å². The molecule has 0 unspecified atom stereocenters. The predicted molar refractivity (Wildman–Crippen MR) is 95.7 cm³/mol. The number of para-hydroxylation sites is 1. The van der Waals surface area contributed by atoms with Gasteiger partial charge in [0, 0.05) is 6.07 Å². The molecule has 0 amide bonds. The number of benzene rings is 2. The lowest BCUT2D eigenvalue weighted by Crippen LogP contribution is -2.15. The number of aromatic nitrogens is 2. The summed E-state index contributed by atoms with van der Waals surface area (Å²) < 4.78 is 17.9. The molecule has 0 fully saturated rings. The van der Waals surface area contributed by atoms with Crippen molar-refractivity contribution in [3.8, 4) is 22.9 Å². The van der Waals surface area contributed by atoms with Crippen LogP contribution in [0.25, 0.3) is 5.69 Å². The normalized spacial score (nSPS) is 12.7. The minimum absolute atomic E-state index is 0.205. The van der Waals surface area contributed by atoms with Crippen LogP contribution in [0, 0.1) is 6.92 Å². The Morgan fingerprint density at radius 1 is 1.12 bits per heavy atom. The van der Waals surface area contributed by atoms with Crippen molar-refractivity contribution in [2.75, 3.05) is 13.2 Å². The highest BCUT2D eigenvalue weighted by atomic mass is 35.5. The van der Waals surface area contributed by atoms with Gasteiger partial charge in [0.15, 0.2) is 11.5 Å². The first-order valence-electron chi connectivity index (χ1n) is 8.06. The fraction of sp³-hybridized carbons (Fsp3) is 0.158. The van der Waals surface area contributed by atoms with Crippen molar-refractivity contribution in [2.24, 2.45) is 0 Å². The van der Waals surface area contributed by atoms with Gasteiger partial charge < -0.3 is 14.2 Å². The number of hydrogen-bond acceptors (Lipinski definition) is 5. The van der Waals surface area contributed by atoms with Crippen molar-refractivity contribution >= 4 is 17.6 Å². The van der Waals surface area contributed by atoms with E-state index in [0.29, 0.717) is 36.2 Å². The molecule has 132 valence electrons. The molecule has 0 N–H and O–H groups in total. The highest BCUT2D eigenvalue weighted by Crippen LogP contribution is 2.34. The van der Waals surface area contributed by atoms with Crippen molar-refractivity contribution in [1.82, 2.24) is 9.78 Å². The van der Waals surface area contributed by atoms with E-state index in [2.05, 4.69) is 5.10 Å². The van der Waals surface area contributed by atoms with Crippen molar-refractivity contribution < 1.29 is 19.0 Å². The minimum Gasteiger partial charge on any atom is -0.486 e. The molecule has 6 nitrogen and oxygen atoms in total. The third kappa shape index (κ3) is 2.99. The number of esters is 1. The van der Waals surface area contributed by atoms with Gasteiger partial charge in [0.05, 0.1) is 11.4 Å². The SMILES string of the molecule is Cc1nn(-c2ccccc2)c(Cl)c1C(=O)Oc1ccc2c(c1)OCCO2. The van der Waals surface area contributed by atoms with Gasteiger partial charge in [-0.25, -0.2) is 9.48 Å². The standard InChI is InChI=1S/C19H15ClN2O4/c1-12-17(18(20)22(21-12)13-5-3-2-4-6-13)19(23)26-14-7-8-15-16(11-14)25-10-9-24-15/h2-8,11H,9-10H2,1H3. The zero-order valence-corrected chi connectivity index (χ0v) is 14.7. The Hall–Kier alpha value is -2.99. The van der Waals surface area contributed by atoms with Crippen LogP contribution in [0.5, 0.6) is 17.2 Å². The van der Waals surface area contributed by atoms with Crippen LogP contribution in [0.2, 0.25) is 5.15 Å². The molecule has 2 heterocycles. The predicted octanol–water partition coefficient (Wildman–Crippen LogP) is 3.82. The maximum absolute atomic E-state index is 12.6. The van der Waals surface area contributed by atoms with Crippen LogP contribution in [-0.4, -0.2) is 29.0 Å². The third-order valence-electron chi connectivity index (χ3n) is 3.93. The molecule has 0 spiro atoms. The first-order valence-corrected chi connectivity index (χ1v) is 8.43. The Morgan fingerprint density at radius 2 is 1.85 bits per heavy atom. The number of hydrogen-bond donors (Lipinski definition) is 0. The number of aryl methyl sites for hydroxylation is 1. The van der Waals surface area contributed by atoms with Gasteiger partial charge >= 0.3 is 5.97 Å². The highest BCUT2D eigenvalue weighted by Gasteiger charge is 2.23. The van der Waals surface area contributed by atoms with Gasteiger partial charge in [0.2, 0.25) is 0 Å². The summed E-state index contributed by atoms with van der Waals surface area (Å²) in [5.74, 6) is 0.944. The van der Waals surface area contributed by atoms with Gasteiger partial charge in [0.1, 0.15) is 29.7 Å². The lowest BCUT2D eigenvalue weighted by molar-refractivity contribution is 0.0733. The van der Waals surface area contributed by atoms with Gasteiger partial charge in [-0.2, -0.15) is 5.10 Å². The van der Waals surface area contributed by atoms with E-state index in [1.807, 2.05) is 30.3 Å². The second-order valence-corrected chi connectivity index (χ2v) is 6.05. The summed E-state index contributed by atoms with van der Waals surface area (Å²) >= 11 is 6.40. The summed E-state index contributed by atoms with van der Waals surface area (Å²) in [7, 11) is 0. The van der Waals surface area contributed by atoms with Gasteiger partial charge in [-0.3, -0.25) is 0 Å². The maximum atomic E-state index is 12.6. The zero-order chi connectivity index (χ0) is 18.1. The summed E-state index contributed by atoms with van der Waals surface area (Å²) in [6, 6.07) is 14.3. The Bertz CT molecular complexity index is 969. The fourth-order valence-corrected chi connectivity index (χ4v) is 3.07. The average Bonchev–Trinajstić information content (AvgIpc) is 2.96. The van der Waals surface area contributed by atoms with Crippen LogP contribution in [0.1, 0.15) is 16.1 Å². The minimum atomic E-state index is -0.577. The molecule has 4 rings (SSSR count). The molecule has 1 aliphatic rings. The Kier molecular flexibility index (Phi) is 4.26. The summed E-state index contributed by atoms with van der Waals surface area (Å²) in [5, 5.41) is 4.56. The Labute approximate surface area is 154 Å². The Balaban J connectivity index is 1.62. The van der Waals surface area contributed by atoms with Crippen molar-refractivity contribution in [1.29, 1.82) is 0 Å². The molecular weight excluding hydrogens is 356 g/mol. The molecule has 0 radical (unpaired) electrons. The summed E-state index contributed by atoms with van der Waals surface area (Å²) in [5.41, 5.74) is 1.48. The largest absolute Gasteiger partial charge is 0.486 e. The molecule has 0 saturated heterocycles. The number of rotatable bonds is 3. The van der Waals surface area contributed by atoms with Crippen molar-refractivity contribution in [3.05, 3.63) is 64.9 Å².